The van der Waals surface area contributed by atoms with Gasteiger partial charge in [0.05, 0.1) is 6.42 Å². The smallest absolute Gasteiger partial charge is 0.317 e. The molecule has 0 unspecified atom stereocenters. The summed E-state index contributed by atoms with van der Waals surface area (Å²) < 4.78 is 0. The number of carboxylic acid groups (broad SMARTS) is 1. The van der Waals surface area contributed by atoms with E-state index >= 15 is 0 Å². The van der Waals surface area contributed by atoms with E-state index in [9.17, 15) is 9.59 Å². The van der Waals surface area contributed by atoms with Crippen LogP contribution in [0.5, 0.6) is 0 Å². The van der Waals surface area contributed by atoms with Crippen LogP contribution in [-0.4, -0.2) is 42.1 Å². The standard InChI is InChI=1S/C9H14N2O3/c1-3-4-6-10-9(14)11(2)7-5-8(12)13/h1H,4-7H2,2H3,(H,10,14)(H,12,13). The van der Waals surface area contributed by atoms with E-state index in [1.807, 2.05) is 0 Å². The number of carboxylic acids is 1. The van der Waals surface area contributed by atoms with Gasteiger partial charge in [-0.2, -0.15) is 0 Å². The van der Waals surface area contributed by atoms with Crippen molar-refractivity contribution in [2.75, 3.05) is 20.1 Å². The molecular formula is C9H14N2O3. The van der Waals surface area contributed by atoms with Crippen molar-refractivity contribution in [3.05, 3.63) is 0 Å². The highest BCUT2D eigenvalue weighted by molar-refractivity contribution is 5.74. The van der Waals surface area contributed by atoms with Gasteiger partial charge in [-0.25, -0.2) is 4.79 Å². The molecule has 0 aliphatic rings. The third kappa shape index (κ3) is 5.89. The van der Waals surface area contributed by atoms with E-state index in [2.05, 4.69) is 11.2 Å². The highest BCUT2D eigenvalue weighted by Gasteiger charge is 2.08. The molecule has 0 saturated heterocycles. The first-order valence-electron chi connectivity index (χ1n) is 4.22. The summed E-state index contributed by atoms with van der Waals surface area (Å²) >= 11 is 0. The average Bonchev–Trinajstić information content (AvgIpc) is 2.14. The quantitative estimate of drug-likeness (QED) is 0.487. The van der Waals surface area contributed by atoms with E-state index < -0.39 is 5.97 Å². The van der Waals surface area contributed by atoms with Crippen molar-refractivity contribution >= 4 is 12.0 Å². The van der Waals surface area contributed by atoms with Crippen molar-refractivity contribution in [1.29, 1.82) is 0 Å². The lowest BCUT2D eigenvalue weighted by molar-refractivity contribution is -0.137. The predicted molar refractivity (Wildman–Crippen MR) is 51.7 cm³/mol. The summed E-state index contributed by atoms with van der Waals surface area (Å²) in [4.78, 5) is 22.7. The Labute approximate surface area is 83.1 Å². The molecule has 0 aromatic rings. The molecule has 14 heavy (non-hydrogen) atoms. The molecule has 0 aliphatic carbocycles. The second kappa shape index (κ2) is 6.78. The number of amides is 2. The normalized spacial score (nSPS) is 8.86. The van der Waals surface area contributed by atoms with Crippen molar-refractivity contribution in [3.8, 4) is 12.3 Å². The maximum absolute atomic E-state index is 11.2. The summed E-state index contributed by atoms with van der Waals surface area (Å²) in [5.74, 6) is 1.46. The van der Waals surface area contributed by atoms with Crippen LogP contribution in [0, 0.1) is 12.3 Å². The fourth-order valence-corrected chi connectivity index (χ4v) is 0.741. The van der Waals surface area contributed by atoms with Gasteiger partial charge >= 0.3 is 12.0 Å². The summed E-state index contributed by atoms with van der Waals surface area (Å²) in [5.41, 5.74) is 0. The number of aliphatic carboxylic acids is 1. The Morgan fingerprint density at radius 1 is 1.57 bits per heavy atom. The van der Waals surface area contributed by atoms with Gasteiger partial charge in [-0.15, -0.1) is 12.3 Å². The van der Waals surface area contributed by atoms with Crippen LogP contribution in [-0.2, 0) is 4.79 Å². The van der Waals surface area contributed by atoms with Crippen LogP contribution >= 0.6 is 0 Å². The molecule has 0 aromatic carbocycles. The second-order valence-electron chi connectivity index (χ2n) is 2.75. The van der Waals surface area contributed by atoms with Crippen LogP contribution in [0.15, 0.2) is 0 Å². The van der Waals surface area contributed by atoms with Gasteiger partial charge in [0.1, 0.15) is 0 Å². The largest absolute Gasteiger partial charge is 0.481 e. The van der Waals surface area contributed by atoms with Gasteiger partial charge in [0, 0.05) is 26.6 Å². The topological polar surface area (TPSA) is 69.6 Å². The van der Waals surface area contributed by atoms with Gasteiger partial charge < -0.3 is 15.3 Å². The summed E-state index contributed by atoms with van der Waals surface area (Å²) in [5, 5.41) is 10.9. The van der Waals surface area contributed by atoms with Gasteiger partial charge in [-0.1, -0.05) is 0 Å². The number of carbonyl (C=O) groups excluding carboxylic acids is 1. The Morgan fingerprint density at radius 2 is 2.21 bits per heavy atom. The number of nitrogens with zero attached hydrogens (tertiary/aromatic N) is 1. The van der Waals surface area contributed by atoms with E-state index in [1.54, 1.807) is 0 Å². The minimum Gasteiger partial charge on any atom is -0.481 e. The number of rotatable bonds is 5. The van der Waals surface area contributed by atoms with Gasteiger partial charge in [-0.05, 0) is 0 Å². The lowest BCUT2D eigenvalue weighted by Gasteiger charge is -2.16. The molecule has 0 saturated carbocycles. The zero-order valence-corrected chi connectivity index (χ0v) is 8.12. The van der Waals surface area contributed by atoms with Gasteiger partial charge in [0.15, 0.2) is 0 Å². The van der Waals surface area contributed by atoms with E-state index in [0.717, 1.165) is 0 Å². The van der Waals surface area contributed by atoms with Crippen molar-refractivity contribution in [1.82, 2.24) is 10.2 Å². The van der Waals surface area contributed by atoms with Crippen LogP contribution < -0.4 is 5.32 Å². The van der Waals surface area contributed by atoms with Crippen LogP contribution in [0.1, 0.15) is 12.8 Å². The van der Waals surface area contributed by atoms with Crippen molar-refractivity contribution < 1.29 is 14.7 Å². The molecule has 0 spiro atoms. The van der Waals surface area contributed by atoms with Gasteiger partial charge in [0.25, 0.3) is 0 Å². The summed E-state index contributed by atoms with van der Waals surface area (Å²) in [6, 6.07) is -0.304. The fourth-order valence-electron chi connectivity index (χ4n) is 0.741. The first-order valence-corrected chi connectivity index (χ1v) is 4.22. The molecule has 0 aliphatic heterocycles. The number of hydrogen-bond donors (Lipinski definition) is 2. The van der Waals surface area contributed by atoms with Crippen molar-refractivity contribution in [3.63, 3.8) is 0 Å². The number of nitrogens with one attached hydrogen (secondary N) is 1. The first kappa shape index (κ1) is 12.3. The molecule has 0 radical (unpaired) electrons. The molecule has 5 nitrogen and oxygen atoms in total. The lowest BCUT2D eigenvalue weighted by Crippen LogP contribution is -2.38. The Balaban J connectivity index is 3.66. The molecular weight excluding hydrogens is 184 g/mol. The third-order valence-corrected chi connectivity index (χ3v) is 1.55. The van der Waals surface area contributed by atoms with Gasteiger partial charge in [0.2, 0.25) is 0 Å². The Morgan fingerprint density at radius 3 is 2.71 bits per heavy atom. The van der Waals surface area contributed by atoms with Crippen molar-refractivity contribution in [2.24, 2.45) is 0 Å². The molecule has 0 rings (SSSR count). The van der Waals surface area contributed by atoms with Crippen LogP contribution in [0.2, 0.25) is 0 Å². The fraction of sp³-hybridized carbons (Fsp3) is 0.556. The maximum Gasteiger partial charge on any atom is 0.317 e. The van der Waals surface area contributed by atoms with E-state index in [4.69, 9.17) is 11.5 Å². The van der Waals surface area contributed by atoms with E-state index in [0.29, 0.717) is 13.0 Å². The number of hydrogen-bond acceptors (Lipinski definition) is 2. The minimum atomic E-state index is -0.923. The van der Waals surface area contributed by atoms with Crippen LogP contribution in [0.4, 0.5) is 4.79 Å². The molecule has 78 valence electrons. The first-order chi connectivity index (χ1) is 6.57. The van der Waals surface area contributed by atoms with Gasteiger partial charge in [-0.3, -0.25) is 4.79 Å². The van der Waals surface area contributed by atoms with Crippen LogP contribution in [0.25, 0.3) is 0 Å². The number of carbonyl (C=O) groups is 2. The molecule has 0 bridgehead atoms. The Kier molecular flexibility index (Phi) is 5.95. The van der Waals surface area contributed by atoms with Crippen molar-refractivity contribution in [2.45, 2.75) is 12.8 Å². The highest BCUT2D eigenvalue weighted by Crippen LogP contribution is 1.88. The monoisotopic (exact) mass is 198 g/mol. The number of urea groups is 1. The lowest BCUT2D eigenvalue weighted by atomic mass is 10.4. The molecule has 5 heteroatoms. The molecule has 0 heterocycles. The summed E-state index contributed by atoms with van der Waals surface area (Å²) in [7, 11) is 1.54. The minimum absolute atomic E-state index is 0.0565. The SMILES string of the molecule is C#CCCNC(=O)N(C)CCC(=O)O. The third-order valence-electron chi connectivity index (χ3n) is 1.55. The second-order valence-corrected chi connectivity index (χ2v) is 2.75. The van der Waals surface area contributed by atoms with E-state index in [1.165, 1.54) is 11.9 Å². The molecule has 0 aromatic heterocycles. The summed E-state index contributed by atoms with van der Waals surface area (Å²) in [6.07, 6.45) is 5.41. The zero-order valence-electron chi connectivity index (χ0n) is 8.12. The van der Waals surface area contributed by atoms with Crippen LogP contribution in [0.3, 0.4) is 0 Å². The molecule has 2 amide bonds. The molecule has 2 N–H and O–H groups in total. The Hall–Kier alpha value is -1.70. The molecule has 0 atom stereocenters. The van der Waals surface area contributed by atoms with E-state index in [-0.39, 0.29) is 19.0 Å². The predicted octanol–water partition coefficient (Wildman–Crippen LogP) is 0.126. The zero-order chi connectivity index (χ0) is 11.0. The molecule has 0 fully saturated rings. The maximum atomic E-state index is 11.2. The number of terminal acetylenes is 1. The Bertz CT molecular complexity index is 245. The highest BCUT2D eigenvalue weighted by atomic mass is 16.4. The average molecular weight is 198 g/mol. The summed E-state index contributed by atoms with van der Waals surface area (Å²) in [6.45, 7) is 0.601.